The second-order valence-electron chi connectivity index (χ2n) is 5.67. The molecular formula is C18H23N3O. The zero-order valence-corrected chi connectivity index (χ0v) is 13.0. The van der Waals surface area contributed by atoms with Crippen LogP contribution in [0, 0.1) is 0 Å². The van der Waals surface area contributed by atoms with Gasteiger partial charge in [-0.25, -0.2) is 0 Å². The fourth-order valence-electron chi connectivity index (χ4n) is 2.92. The number of hydrogen-bond donors (Lipinski definition) is 1. The lowest BCUT2D eigenvalue weighted by atomic mass is 10.1. The molecule has 3 rings (SSSR count). The molecule has 0 bridgehead atoms. The van der Waals surface area contributed by atoms with Crippen LogP contribution in [0.25, 0.3) is 0 Å². The Hall–Kier alpha value is -2.20. The quantitative estimate of drug-likeness (QED) is 0.881. The normalized spacial score (nSPS) is 15.8. The third-order valence-corrected chi connectivity index (χ3v) is 4.22. The number of methoxy groups -OCH3 is 1. The van der Waals surface area contributed by atoms with E-state index >= 15 is 0 Å². The van der Waals surface area contributed by atoms with Crippen molar-refractivity contribution < 1.29 is 4.74 Å². The summed E-state index contributed by atoms with van der Waals surface area (Å²) in [5.74, 6) is 0.975. The Balaban J connectivity index is 1.59. The average molecular weight is 297 g/mol. The van der Waals surface area contributed by atoms with Gasteiger partial charge in [0.05, 0.1) is 7.11 Å². The summed E-state index contributed by atoms with van der Waals surface area (Å²) in [5, 5.41) is 0. The van der Waals surface area contributed by atoms with Gasteiger partial charge in [-0.3, -0.25) is 4.90 Å². The van der Waals surface area contributed by atoms with Crippen molar-refractivity contribution in [3.05, 3.63) is 54.1 Å². The first-order chi connectivity index (χ1) is 10.8. The molecule has 4 nitrogen and oxygen atoms in total. The smallest absolute Gasteiger partial charge is 0.123 e. The Morgan fingerprint density at radius 3 is 2.32 bits per heavy atom. The van der Waals surface area contributed by atoms with Crippen LogP contribution in [0.3, 0.4) is 0 Å². The minimum absolute atomic E-state index is 0.818. The van der Waals surface area contributed by atoms with Crippen molar-refractivity contribution >= 4 is 11.4 Å². The lowest BCUT2D eigenvalue weighted by Gasteiger charge is -2.36. The fraction of sp³-hybridized carbons (Fsp3) is 0.333. The van der Waals surface area contributed by atoms with Gasteiger partial charge < -0.3 is 15.4 Å². The van der Waals surface area contributed by atoms with Crippen LogP contribution in [0.15, 0.2) is 48.5 Å². The molecule has 1 aliphatic rings. The third kappa shape index (κ3) is 3.34. The van der Waals surface area contributed by atoms with Crippen LogP contribution in [0.2, 0.25) is 0 Å². The summed E-state index contributed by atoms with van der Waals surface area (Å²) in [6, 6.07) is 16.4. The number of hydrogen-bond acceptors (Lipinski definition) is 4. The van der Waals surface area contributed by atoms with Crippen molar-refractivity contribution in [3.8, 4) is 5.75 Å². The first-order valence-corrected chi connectivity index (χ1v) is 7.71. The van der Waals surface area contributed by atoms with Gasteiger partial charge >= 0.3 is 0 Å². The number of nitrogens with two attached hydrogens (primary N) is 1. The number of rotatable bonds is 4. The molecule has 0 amide bonds. The van der Waals surface area contributed by atoms with Crippen LogP contribution >= 0.6 is 0 Å². The van der Waals surface area contributed by atoms with E-state index in [1.54, 1.807) is 7.11 Å². The molecule has 1 heterocycles. The molecule has 2 aromatic rings. The first kappa shape index (κ1) is 14.7. The Morgan fingerprint density at radius 1 is 0.955 bits per heavy atom. The SMILES string of the molecule is COc1ccccc1CN1CCN(c2ccc(N)cc2)CC1. The number of benzene rings is 2. The van der Waals surface area contributed by atoms with E-state index in [-0.39, 0.29) is 0 Å². The highest BCUT2D eigenvalue weighted by Gasteiger charge is 2.18. The van der Waals surface area contributed by atoms with Gasteiger partial charge in [0, 0.05) is 49.7 Å². The minimum atomic E-state index is 0.818. The van der Waals surface area contributed by atoms with Crippen LogP contribution < -0.4 is 15.4 Å². The van der Waals surface area contributed by atoms with Crippen LogP contribution in [-0.2, 0) is 6.54 Å². The number of ether oxygens (including phenoxy) is 1. The molecule has 0 radical (unpaired) electrons. The summed E-state index contributed by atoms with van der Waals surface area (Å²) < 4.78 is 5.44. The number of para-hydroxylation sites is 1. The van der Waals surface area contributed by atoms with E-state index in [1.807, 2.05) is 24.3 Å². The number of nitrogen functional groups attached to an aromatic ring is 1. The summed E-state index contributed by atoms with van der Waals surface area (Å²) in [7, 11) is 1.73. The molecule has 1 saturated heterocycles. The molecule has 0 unspecified atom stereocenters. The molecule has 0 aliphatic carbocycles. The van der Waals surface area contributed by atoms with Gasteiger partial charge in [-0.05, 0) is 30.3 Å². The largest absolute Gasteiger partial charge is 0.496 e. The number of nitrogens with zero attached hydrogens (tertiary/aromatic N) is 2. The van der Waals surface area contributed by atoms with Crippen LogP contribution in [0.1, 0.15) is 5.56 Å². The van der Waals surface area contributed by atoms with Gasteiger partial charge in [0.15, 0.2) is 0 Å². The van der Waals surface area contributed by atoms with Gasteiger partial charge in [0.2, 0.25) is 0 Å². The maximum atomic E-state index is 5.75. The van der Waals surface area contributed by atoms with Crippen molar-refractivity contribution in [1.29, 1.82) is 0 Å². The molecule has 0 saturated carbocycles. The van der Waals surface area contributed by atoms with Crippen molar-refractivity contribution in [2.45, 2.75) is 6.54 Å². The van der Waals surface area contributed by atoms with Gasteiger partial charge in [0.25, 0.3) is 0 Å². The minimum Gasteiger partial charge on any atom is -0.496 e. The van der Waals surface area contributed by atoms with Crippen molar-refractivity contribution in [2.24, 2.45) is 0 Å². The van der Waals surface area contributed by atoms with E-state index in [0.29, 0.717) is 0 Å². The van der Waals surface area contributed by atoms with Crippen LogP contribution in [0.4, 0.5) is 11.4 Å². The average Bonchev–Trinajstić information content (AvgIpc) is 2.57. The zero-order valence-electron chi connectivity index (χ0n) is 13.0. The predicted octanol–water partition coefficient (Wildman–Crippen LogP) is 2.60. The molecule has 22 heavy (non-hydrogen) atoms. The lowest BCUT2D eigenvalue weighted by molar-refractivity contribution is 0.246. The monoisotopic (exact) mass is 297 g/mol. The highest BCUT2D eigenvalue weighted by molar-refractivity contribution is 5.53. The molecule has 0 aromatic heterocycles. The van der Waals surface area contributed by atoms with E-state index in [4.69, 9.17) is 10.5 Å². The fourth-order valence-corrected chi connectivity index (χ4v) is 2.92. The summed E-state index contributed by atoms with van der Waals surface area (Å²) in [6.07, 6.45) is 0. The molecule has 0 atom stereocenters. The van der Waals surface area contributed by atoms with Crippen LogP contribution in [-0.4, -0.2) is 38.2 Å². The molecule has 0 spiro atoms. The summed E-state index contributed by atoms with van der Waals surface area (Å²) >= 11 is 0. The van der Waals surface area contributed by atoms with Gasteiger partial charge in [-0.1, -0.05) is 18.2 Å². The molecular weight excluding hydrogens is 274 g/mol. The molecule has 2 aromatic carbocycles. The molecule has 2 N–H and O–H groups in total. The molecule has 1 aliphatic heterocycles. The molecule has 4 heteroatoms. The maximum absolute atomic E-state index is 5.75. The second-order valence-corrected chi connectivity index (χ2v) is 5.67. The first-order valence-electron chi connectivity index (χ1n) is 7.71. The Morgan fingerprint density at radius 2 is 1.64 bits per heavy atom. The third-order valence-electron chi connectivity index (χ3n) is 4.22. The Bertz CT molecular complexity index is 604. The van der Waals surface area contributed by atoms with E-state index in [9.17, 15) is 0 Å². The van der Waals surface area contributed by atoms with Crippen molar-refractivity contribution in [1.82, 2.24) is 4.90 Å². The Labute approximate surface area is 132 Å². The van der Waals surface area contributed by atoms with Gasteiger partial charge in [0.1, 0.15) is 5.75 Å². The standard InChI is InChI=1S/C18H23N3O/c1-22-18-5-3-2-4-15(18)14-20-10-12-21(13-11-20)17-8-6-16(19)7-9-17/h2-9H,10-14,19H2,1H3. The molecule has 1 fully saturated rings. The maximum Gasteiger partial charge on any atom is 0.123 e. The highest BCUT2D eigenvalue weighted by Crippen LogP contribution is 2.22. The zero-order chi connectivity index (χ0) is 15.4. The summed E-state index contributed by atoms with van der Waals surface area (Å²) in [4.78, 5) is 4.89. The second kappa shape index (κ2) is 6.71. The van der Waals surface area contributed by atoms with E-state index in [0.717, 1.165) is 44.2 Å². The van der Waals surface area contributed by atoms with E-state index in [1.165, 1.54) is 11.3 Å². The van der Waals surface area contributed by atoms with E-state index < -0.39 is 0 Å². The predicted molar refractivity (Wildman–Crippen MR) is 91.3 cm³/mol. The lowest BCUT2D eigenvalue weighted by Crippen LogP contribution is -2.46. The van der Waals surface area contributed by atoms with Gasteiger partial charge in [-0.2, -0.15) is 0 Å². The van der Waals surface area contributed by atoms with E-state index in [2.05, 4.69) is 34.1 Å². The van der Waals surface area contributed by atoms with Crippen molar-refractivity contribution in [2.75, 3.05) is 43.9 Å². The highest BCUT2D eigenvalue weighted by atomic mass is 16.5. The number of piperazine rings is 1. The topological polar surface area (TPSA) is 41.7 Å². The Kier molecular flexibility index (Phi) is 4.49. The van der Waals surface area contributed by atoms with Gasteiger partial charge in [-0.15, -0.1) is 0 Å². The summed E-state index contributed by atoms with van der Waals surface area (Å²) in [5.41, 5.74) is 9.08. The summed E-state index contributed by atoms with van der Waals surface area (Å²) in [6.45, 7) is 5.14. The van der Waals surface area contributed by atoms with Crippen molar-refractivity contribution in [3.63, 3.8) is 0 Å². The number of anilines is 2. The van der Waals surface area contributed by atoms with Crippen LogP contribution in [0.5, 0.6) is 5.75 Å². The molecule has 116 valence electrons.